The first-order valence-electron chi connectivity index (χ1n) is 6.49. The van der Waals surface area contributed by atoms with Crippen LogP contribution in [0.2, 0.25) is 0 Å². The molecule has 0 aliphatic carbocycles. The van der Waals surface area contributed by atoms with E-state index < -0.39 is 0 Å². The van der Waals surface area contributed by atoms with Gasteiger partial charge >= 0.3 is 6.03 Å². The number of carbonyl (C=O) groups excluding carboxylic acids is 1. The van der Waals surface area contributed by atoms with E-state index in [1.54, 1.807) is 13.0 Å². The predicted octanol–water partition coefficient (Wildman–Crippen LogP) is 1.39. The molecule has 2 N–H and O–H groups in total. The summed E-state index contributed by atoms with van der Waals surface area (Å²) in [6, 6.07) is 7.00. The highest BCUT2D eigenvalue weighted by atomic mass is 16.5. The fourth-order valence-corrected chi connectivity index (χ4v) is 1.94. The van der Waals surface area contributed by atoms with Crippen molar-refractivity contribution in [1.82, 2.24) is 25.1 Å². The molecule has 0 unspecified atom stereocenters. The van der Waals surface area contributed by atoms with Gasteiger partial charge in [-0.15, -0.1) is 10.2 Å². The number of nitrogens with zero attached hydrogens (tertiary/aromatic N) is 4. The fourth-order valence-electron chi connectivity index (χ4n) is 1.94. The molecule has 3 heterocycles. The molecule has 0 saturated carbocycles. The maximum absolute atomic E-state index is 11.7. The number of amides is 2. The van der Waals surface area contributed by atoms with Crippen LogP contribution in [0, 0.1) is 6.92 Å². The summed E-state index contributed by atoms with van der Waals surface area (Å²) in [5.41, 5.74) is 0.787. The molecule has 21 heavy (non-hydrogen) atoms. The Kier molecular flexibility index (Phi) is 3.50. The van der Waals surface area contributed by atoms with Crippen LogP contribution in [-0.2, 0) is 6.42 Å². The largest absolute Gasteiger partial charge is 0.360 e. The smallest absolute Gasteiger partial charge is 0.320 e. The first-order chi connectivity index (χ1) is 10.2. The summed E-state index contributed by atoms with van der Waals surface area (Å²) < 4.78 is 6.75. The van der Waals surface area contributed by atoms with E-state index in [1.807, 2.05) is 28.8 Å². The molecule has 8 nitrogen and oxygen atoms in total. The zero-order valence-corrected chi connectivity index (χ0v) is 11.4. The van der Waals surface area contributed by atoms with E-state index in [0.717, 1.165) is 11.5 Å². The van der Waals surface area contributed by atoms with Crippen LogP contribution >= 0.6 is 0 Å². The Hall–Kier alpha value is -2.90. The van der Waals surface area contributed by atoms with E-state index >= 15 is 0 Å². The molecular formula is C13H14N6O2. The van der Waals surface area contributed by atoms with Crippen LogP contribution in [0.4, 0.5) is 10.6 Å². The number of nitrogens with one attached hydrogen (secondary N) is 2. The van der Waals surface area contributed by atoms with E-state index in [2.05, 4.69) is 26.0 Å². The highest BCUT2D eigenvalue weighted by Gasteiger charge is 2.07. The van der Waals surface area contributed by atoms with Crippen molar-refractivity contribution in [3.8, 4) is 0 Å². The minimum atomic E-state index is -0.336. The van der Waals surface area contributed by atoms with Gasteiger partial charge < -0.3 is 9.84 Å². The van der Waals surface area contributed by atoms with Gasteiger partial charge in [0, 0.05) is 25.2 Å². The summed E-state index contributed by atoms with van der Waals surface area (Å²) in [6.45, 7) is 2.20. The normalized spacial score (nSPS) is 10.7. The number of urea groups is 1. The summed E-state index contributed by atoms with van der Waals surface area (Å²) in [7, 11) is 0. The van der Waals surface area contributed by atoms with E-state index in [1.165, 1.54) is 0 Å². The van der Waals surface area contributed by atoms with Crippen LogP contribution in [0.1, 0.15) is 11.6 Å². The molecule has 0 atom stereocenters. The number of aromatic nitrogens is 4. The van der Waals surface area contributed by atoms with Gasteiger partial charge in [0.2, 0.25) is 0 Å². The quantitative estimate of drug-likeness (QED) is 0.755. The Balaban J connectivity index is 1.53. The van der Waals surface area contributed by atoms with Crippen LogP contribution in [0.25, 0.3) is 5.65 Å². The molecule has 3 rings (SSSR count). The lowest BCUT2D eigenvalue weighted by molar-refractivity contribution is 0.252. The minimum absolute atomic E-state index is 0.336. The first kappa shape index (κ1) is 13.1. The van der Waals surface area contributed by atoms with Gasteiger partial charge in [-0.25, -0.2) is 4.79 Å². The van der Waals surface area contributed by atoms with Crippen LogP contribution in [0.15, 0.2) is 35.0 Å². The zero-order valence-electron chi connectivity index (χ0n) is 11.4. The molecule has 3 aromatic rings. The molecule has 3 aromatic heterocycles. The summed E-state index contributed by atoms with van der Waals surface area (Å²) >= 11 is 0. The van der Waals surface area contributed by atoms with Crippen LogP contribution in [0.5, 0.6) is 0 Å². The lowest BCUT2D eigenvalue weighted by Gasteiger charge is -2.04. The third-order valence-electron chi connectivity index (χ3n) is 2.89. The summed E-state index contributed by atoms with van der Waals surface area (Å²) in [5, 5.41) is 17.1. The maximum Gasteiger partial charge on any atom is 0.320 e. The van der Waals surface area contributed by atoms with Gasteiger partial charge in [0.15, 0.2) is 11.5 Å². The third kappa shape index (κ3) is 2.99. The average Bonchev–Trinajstić information content (AvgIpc) is 3.06. The number of hydrogen-bond acceptors (Lipinski definition) is 5. The van der Waals surface area contributed by atoms with Gasteiger partial charge in [-0.3, -0.25) is 9.72 Å². The molecule has 108 valence electrons. The summed E-state index contributed by atoms with van der Waals surface area (Å²) in [4.78, 5) is 11.7. The van der Waals surface area contributed by atoms with Crippen LogP contribution in [0.3, 0.4) is 0 Å². The number of anilines is 1. The SMILES string of the molecule is Cc1cc(NC(=O)NCCc2nnc3ccccn23)no1. The highest BCUT2D eigenvalue weighted by Crippen LogP contribution is 2.06. The van der Waals surface area contributed by atoms with E-state index in [4.69, 9.17) is 4.52 Å². The third-order valence-corrected chi connectivity index (χ3v) is 2.89. The van der Waals surface area contributed by atoms with Crippen molar-refractivity contribution < 1.29 is 9.32 Å². The average molecular weight is 286 g/mol. The number of rotatable bonds is 4. The number of fused-ring (bicyclic) bond motifs is 1. The van der Waals surface area contributed by atoms with Crippen molar-refractivity contribution in [3.05, 3.63) is 42.0 Å². The maximum atomic E-state index is 11.7. The molecule has 0 radical (unpaired) electrons. The van der Waals surface area contributed by atoms with E-state index in [-0.39, 0.29) is 6.03 Å². The molecule has 0 spiro atoms. The zero-order chi connectivity index (χ0) is 14.7. The second-order valence-corrected chi connectivity index (χ2v) is 4.50. The van der Waals surface area contributed by atoms with E-state index in [9.17, 15) is 4.79 Å². The van der Waals surface area contributed by atoms with Gasteiger partial charge in [-0.05, 0) is 19.1 Å². The van der Waals surface area contributed by atoms with Crippen molar-refractivity contribution in [2.24, 2.45) is 0 Å². The minimum Gasteiger partial charge on any atom is -0.360 e. The number of pyridine rings is 1. The Labute approximate surface area is 120 Å². The molecule has 8 heteroatoms. The van der Waals surface area contributed by atoms with Crippen molar-refractivity contribution in [2.75, 3.05) is 11.9 Å². The lowest BCUT2D eigenvalue weighted by atomic mass is 10.4. The predicted molar refractivity (Wildman–Crippen MR) is 75.0 cm³/mol. The molecule has 0 fully saturated rings. The van der Waals surface area contributed by atoms with E-state index in [0.29, 0.717) is 24.5 Å². The van der Waals surface area contributed by atoms with Gasteiger partial charge in [-0.2, -0.15) is 0 Å². The van der Waals surface area contributed by atoms with Crippen molar-refractivity contribution in [2.45, 2.75) is 13.3 Å². The van der Waals surface area contributed by atoms with Gasteiger partial charge in [0.05, 0.1) is 0 Å². The van der Waals surface area contributed by atoms with Crippen LogP contribution in [-0.4, -0.2) is 32.3 Å². The summed E-state index contributed by atoms with van der Waals surface area (Å²) in [6.07, 6.45) is 2.47. The molecule has 2 amide bonds. The lowest BCUT2D eigenvalue weighted by Crippen LogP contribution is -2.30. The Morgan fingerprint density at radius 3 is 3.10 bits per heavy atom. The Morgan fingerprint density at radius 2 is 2.29 bits per heavy atom. The molecule has 0 bridgehead atoms. The molecule has 0 aliphatic heterocycles. The first-order valence-corrected chi connectivity index (χ1v) is 6.49. The van der Waals surface area contributed by atoms with Gasteiger partial charge in [0.25, 0.3) is 0 Å². The fraction of sp³-hybridized carbons (Fsp3) is 0.231. The van der Waals surface area contributed by atoms with Gasteiger partial charge in [0.1, 0.15) is 11.6 Å². The Morgan fingerprint density at radius 1 is 1.38 bits per heavy atom. The number of aryl methyl sites for hydroxylation is 1. The standard InChI is InChI=1S/C13H14N6O2/c1-9-8-10(18-21-9)15-13(20)14-6-5-12-17-16-11-4-2-3-7-19(11)12/h2-4,7-8H,5-6H2,1H3,(H2,14,15,18,20). The number of carbonyl (C=O) groups is 1. The molecule has 0 aliphatic rings. The van der Waals surface area contributed by atoms with Crippen LogP contribution < -0.4 is 10.6 Å². The number of hydrogen-bond donors (Lipinski definition) is 2. The van der Waals surface area contributed by atoms with Crippen molar-refractivity contribution in [1.29, 1.82) is 0 Å². The second-order valence-electron chi connectivity index (χ2n) is 4.50. The van der Waals surface area contributed by atoms with Gasteiger partial charge in [-0.1, -0.05) is 11.2 Å². The summed E-state index contributed by atoms with van der Waals surface area (Å²) in [5.74, 6) is 1.82. The highest BCUT2D eigenvalue weighted by molar-refractivity contribution is 5.88. The monoisotopic (exact) mass is 286 g/mol. The molecular weight excluding hydrogens is 272 g/mol. The molecule has 0 aromatic carbocycles. The van der Waals surface area contributed by atoms with Crippen molar-refractivity contribution >= 4 is 17.5 Å². The topological polar surface area (TPSA) is 97.3 Å². The van der Waals surface area contributed by atoms with Crippen molar-refractivity contribution in [3.63, 3.8) is 0 Å². The Bertz CT molecular complexity index is 763. The molecule has 0 saturated heterocycles. The second kappa shape index (κ2) is 5.61.